The largest absolute Gasteiger partial charge is 0.467 e. The second-order valence-corrected chi connectivity index (χ2v) is 5.24. The van der Waals surface area contributed by atoms with Crippen molar-refractivity contribution in [2.45, 2.75) is 44.6 Å². The first-order valence-electron chi connectivity index (χ1n) is 5.56. The summed E-state index contributed by atoms with van der Waals surface area (Å²) < 4.78 is 15.2. The van der Waals surface area contributed by atoms with Gasteiger partial charge in [0.15, 0.2) is 6.04 Å². The molecule has 17 heavy (non-hydrogen) atoms. The summed E-state index contributed by atoms with van der Waals surface area (Å²) in [5, 5.41) is 0. The number of rotatable bonds is 1. The normalized spacial score (nSPS) is 30.8. The average Bonchev–Trinajstić information content (AvgIpc) is 2.86. The molecule has 2 heterocycles. The van der Waals surface area contributed by atoms with Crippen molar-refractivity contribution in [3.63, 3.8) is 0 Å². The fourth-order valence-corrected chi connectivity index (χ4v) is 1.96. The highest BCUT2D eigenvalue weighted by molar-refractivity contribution is 5.83. The molecule has 6 heteroatoms. The number of hydrogen-bond acceptors (Lipinski definition) is 5. The van der Waals surface area contributed by atoms with Crippen LogP contribution < -0.4 is 0 Å². The molecule has 0 aromatic rings. The number of likely N-dealkylation sites (tertiary alicyclic amines) is 1. The molecule has 0 aromatic carbocycles. The van der Waals surface area contributed by atoms with Gasteiger partial charge in [-0.25, -0.2) is 9.59 Å². The van der Waals surface area contributed by atoms with Crippen molar-refractivity contribution in [2.75, 3.05) is 13.7 Å². The van der Waals surface area contributed by atoms with E-state index in [1.165, 1.54) is 12.0 Å². The number of esters is 1. The van der Waals surface area contributed by atoms with Crippen LogP contribution in [0.4, 0.5) is 4.79 Å². The summed E-state index contributed by atoms with van der Waals surface area (Å²) in [5.41, 5.74) is -0.578. The third-order valence-electron chi connectivity index (χ3n) is 2.72. The summed E-state index contributed by atoms with van der Waals surface area (Å²) >= 11 is 0. The van der Waals surface area contributed by atoms with Gasteiger partial charge < -0.3 is 14.2 Å². The molecule has 3 atom stereocenters. The van der Waals surface area contributed by atoms with E-state index in [0.717, 1.165) is 0 Å². The van der Waals surface area contributed by atoms with Gasteiger partial charge >= 0.3 is 12.1 Å². The van der Waals surface area contributed by atoms with Crippen LogP contribution in [0.25, 0.3) is 0 Å². The zero-order chi connectivity index (χ0) is 12.8. The topological polar surface area (TPSA) is 68.4 Å². The molecule has 2 fully saturated rings. The van der Waals surface area contributed by atoms with E-state index < -0.39 is 23.7 Å². The lowest BCUT2D eigenvalue weighted by molar-refractivity contribution is -0.147. The van der Waals surface area contributed by atoms with Gasteiger partial charge in [-0.15, -0.1) is 0 Å². The van der Waals surface area contributed by atoms with E-state index >= 15 is 0 Å². The molecule has 3 unspecified atom stereocenters. The van der Waals surface area contributed by atoms with Crippen LogP contribution in [0.2, 0.25) is 0 Å². The van der Waals surface area contributed by atoms with E-state index in [0.29, 0.717) is 6.54 Å². The molecular weight excluding hydrogens is 226 g/mol. The maximum absolute atomic E-state index is 11.9. The quantitative estimate of drug-likeness (QED) is 0.497. The Morgan fingerprint density at radius 2 is 2.00 bits per heavy atom. The minimum Gasteiger partial charge on any atom is -0.467 e. The zero-order valence-corrected chi connectivity index (χ0v) is 10.4. The van der Waals surface area contributed by atoms with E-state index in [9.17, 15) is 9.59 Å². The Hall–Kier alpha value is -1.30. The van der Waals surface area contributed by atoms with Gasteiger partial charge in [0, 0.05) is 0 Å². The lowest BCUT2D eigenvalue weighted by Crippen LogP contribution is -2.47. The van der Waals surface area contributed by atoms with Crippen LogP contribution in [0.15, 0.2) is 0 Å². The molecule has 0 radical (unpaired) electrons. The molecular formula is C11H17NO5. The molecule has 0 N–H and O–H groups in total. The Labute approximate surface area is 99.8 Å². The predicted octanol–water partition coefficient (Wildman–Crippen LogP) is 0.546. The van der Waals surface area contributed by atoms with Crippen LogP contribution in [0, 0.1) is 0 Å². The maximum Gasteiger partial charge on any atom is 0.411 e. The highest BCUT2D eigenvalue weighted by atomic mass is 16.6. The van der Waals surface area contributed by atoms with Crippen LogP contribution >= 0.6 is 0 Å². The van der Waals surface area contributed by atoms with Gasteiger partial charge in [0.1, 0.15) is 17.8 Å². The van der Waals surface area contributed by atoms with Crippen LogP contribution in [0.1, 0.15) is 20.8 Å². The summed E-state index contributed by atoms with van der Waals surface area (Å²) in [4.78, 5) is 24.9. The summed E-state index contributed by atoms with van der Waals surface area (Å²) in [7, 11) is 1.30. The fourth-order valence-electron chi connectivity index (χ4n) is 1.96. The van der Waals surface area contributed by atoms with Gasteiger partial charge in [-0.3, -0.25) is 4.90 Å². The van der Waals surface area contributed by atoms with Crippen molar-refractivity contribution < 1.29 is 23.8 Å². The summed E-state index contributed by atoms with van der Waals surface area (Å²) in [6, 6.07) is -0.667. The fraction of sp³-hybridized carbons (Fsp3) is 0.818. The molecule has 0 spiro atoms. The monoisotopic (exact) mass is 243 g/mol. The van der Waals surface area contributed by atoms with Crippen molar-refractivity contribution in [3.05, 3.63) is 0 Å². The van der Waals surface area contributed by atoms with Crippen LogP contribution in [-0.4, -0.2) is 54.5 Å². The number of nitrogens with zero attached hydrogens (tertiary/aromatic N) is 1. The highest BCUT2D eigenvalue weighted by Crippen LogP contribution is 2.37. The number of hydrogen-bond donors (Lipinski definition) is 0. The minimum atomic E-state index is -0.667. The first-order chi connectivity index (χ1) is 7.83. The Morgan fingerprint density at radius 3 is 2.53 bits per heavy atom. The van der Waals surface area contributed by atoms with Crippen molar-refractivity contribution in [1.82, 2.24) is 4.90 Å². The van der Waals surface area contributed by atoms with Crippen molar-refractivity contribution >= 4 is 12.1 Å². The number of ether oxygens (including phenoxy) is 3. The van der Waals surface area contributed by atoms with Gasteiger partial charge in [-0.05, 0) is 20.8 Å². The Morgan fingerprint density at radius 1 is 1.35 bits per heavy atom. The first-order valence-corrected chi connectivity index (χ1v) is 5.56. The standard InChI is InChI=1S/C11H17NO5/c1-11(2,3)17-10(14)12-5-6-8(16-6)7(12)9(13)15-4/h6-8H,5H2,1-4H3. The Balaban J connectivity index is 2.05. The van der Waals surface area contributed by atoms with Crippen molar-refractivity contribution in [3.8, 4) is 0 Å². The zero-order valence-electron chi connectivity index (χ0n) is 10.4. The van der Waals surface area contributed by atoms with Gasteiger partial charge in [0.05, 0.1) is 13.7 Å². The second kappa shape index (κ2) is 3.87. The SMILES string of the molecule is COC(=O)C1C2OC2CN1C(=O)OC(C)(C)C. The average molecular weight is 243 g/mol. The number of epoxide rings is 1. The number of methoxy groups -OCH3 is 1. The lowest BCUT2D eigenvalue weighted by Gasteiger charge is -2.28. The number of carbonyl (C=O) groups is 2. The van der Waals surface area contributed by atoms with Crippen LogP contribution in [0.5, 0.6) is 0 Å². The van der Waals surface area contributed by atoms with E-state index in [2.05, 4.69) is 4.74 Å². The number of amides is 1. The molecule has 6 nitrogen and oxygen atoms in total. The molecule has 2 rings (SSSR count). The Bertz CT molecular complexity index is 348. The predicted molar refractivity (Wildman–Crippen MR) is 57.4 cm³/mol. The first kappa shape index (κ1) is 12.2. The van der Waals surface area contributed by atoms with E-state index in [1.54, 1.807) is 20.8 Å². The van der Waals surface area contributed by atoms with Gasteiger partial charge in [0.2, 0.25) is 0 Å². The van der Waals surface area contributed by atoms with E-state index in [-0.39, 0.29) is 12.2 Å². The number of carbonyl (C=O) groups excluding carboxylic acids is 2. The highest BCUT2D eigenvalue weighted by Gasteiger charge is 2.60. The third-order valence-corrected chi connectivity index (χ3v) is 2.72. The third kappa shape index (κ3) is 2.36. The summed E-state index contributed by atoms with van der Waals surface area (Å²) in [5.74, 6) is -0.458. The molecule has 2 aliphatic rings. The Kier molecular flexibility index (Phi) is 2.77. The second-order valence-electron chi connectivity index (χ2n) is 5.24. The molecule has 0 aliphatic carbocycles. The lowest BCUT2D eigenvalue weighted by atomic mass is 10.2. The smallest absolute Gasteiger partial charge is 0.411 e. The van der Waals surface area contributed by atoms with E-state index in [4.69, 9.17) is 9.47 Å². The molecule has 2 saturated heterocycles. The van der Waals surface area contributed by atoms with Gasteiger partial charge in [-0.2, -0.15) is 0 Å². The van der Waals surface area contributed by atoms with Crippen LogP contribution in [-0.2, 0) is 19.0 Å². The molecule has 1 amide bonds. The summed E-state index contributed by atoms with van der Waals surface area (Å²) in [6.45, 7) is 5.74. The molecule has 2 aliphatic heterocycles. The van der Waals surface area contributed by atoms with Gasteiger partial charge in [-0.1, -0.05) is 0 Å². The summed E-state index contributed by atoms with van der Waals surface area (Å²) in [6.07, 6.45) is -0.773. The van der Waals surface area contributed by atoms with Crippen molar-refractivity contribution in [1.29, 1.82) is 0 Å². The van der Waals surface area contributed by atoms with Crippen LogP contribution in [0.3, 0.4) is 0 Å². The number of morpholine rings is 1. The molecule has 0 aromatic heterocycles. The molecule has 0 saturated carbocycles. The molecule has 0 bridgehead atoms. The van der Waals surface area contributed by atoms with E-state index in [1.807, 2.05) is 0 Å². The minimum absolute atomic E-state index is 0.0494. The van der Waals surface area contributed by atoms with Gasteiger partial charge in [0.25, 0.3) is 0 Å². The molecule has 96 valence electrons. The number of fused-ring (bicyclic) bond motifs is 1. The maximum atomic E-state index is 11.9. The van der Waals surface area contributed by atoms with Crippen molar-refractivity contribution in [2.24, 2.45) is 0 Å².